The molecule has 1 fully saturated rings. The van der Waals surface area contributed by atoms with Crippen molar-refractivity contribution in [2.45, 2.75) is 68.8 Å². The van der Waals surface area contributed by atoms with E-state index < -0.39 is 11.2 Å². The van der Waals surface area contributed by atoms with Crippen molar-refractivity contribution in [3.8, 4) is 0 Å². The zero-order valence-corrected chi connectivity index (χ0v) is 17.1. The Morgan fingerprint density at radius 3 is 2.63 bits per heavy atom. The van der Waals surface area contributed by atoms with Gasteiger partial charge in [-0.25, -0.2) is 0 Å². The number of hydrogen-bond donors (Lipinski definition) is 0. The van der Waals surface area contributed by atoms with Crippen molar-refractivity contribution < 1.29 is 23.8 Å². The number of thioether (sulfide) groups is 1. The Labute approximate surface area is 166 Å². The number of ether oxygens (including phenoxy) is 3. The van der Waals surface area contributed by atoms with Crippen molar-refractivity contribution in [1.82, 2.24) is 0 Å². The van der Waals surface area contributed by atoms with Crippen LogP contribution >= 0.6 is 11.8 Å². The molecule has 0 aliphatic carbocycles. The Morgan fingerprint density at radius 2 is 2.00 bits per heavy atom. The van der Waals surface area contributed by atoms with E-state index >= 15 is 0 Å². The predicted molar refractivity (Wildman–Crippen MR) is 106 cm³/mol. The molecule has 0 bridgehead atoms. The summed E-state index contributed by atoms with van der Waals surface area (Å²) < 4.78 is 16.3. The maximum absolute atomic E-state index is 12.1. The van der Waals surface area contributed by atoms with Crippen LogP contribution < -0.4 is 0 Å². The first-order valence-electron chi connectivity index (χ1n) is 9.82. The highest BCUT2D eigenvalue weighted by atomic mass is 32.2. The van der Waals surface area contributed by atoms with Crippen LogP contribution in [-0.4, -0.2) is 43.1 Å². The van der Waals surface area contributed by atoms with Gasteiger partial charge in [0.05, 0.1) is 13.2 Å². The van der Waals surface area contributed by atoms with Gasteiger partial charge in [-0.15, -0.1) is 11.8 Å². The zero-order chi connectivity index (χ0) is 19.5. The first-order chi connectivity index (χ1) is 13.1. The molecule has 150 valence electrons. The van der Waals surface area contributed by atoms with Gasteiger partial charge >= 0.3 is 5.97 Å². The summed E-state index contributed by atoms with van der Waals surface area (Å²) in [4.78, 5) is 25.0. The summed E-state index contributed by atoms with van der Waals surface area (Å²) >= 11 is 1.26. The van der Waals surface area contributed by atoms with Crippen molar-refractivity contribution in [2.75, 3.05) is 19.8 Å². The Hall–Kier alpha value is -1.37. The quantitative estimate of drug-likeness (QED) is 0.243. The lowest BCUT2D eigenvalue weighted by molar-refractivity contribution is -0.162. The summed E-state index contributed by atoms with van der Waals surface area (Å²) in [6.07, 6.45) is 5.44. The molecule has 0 radical (unpaired) electrons. The highest BCUT2D eigenvalue weighted by Crippen LogP contribution is 2.26. The van der Waals surface area contributed by atoms with E-state index in [4.69, 9.17) is 14.2 Å². The van der Waals surface area contributed by atoms with Gasteiger partial charge in [0.1, 0.15) is 0 Å². The maximum Gasteiger partial charge on any atom is 0.327 e. The minimum atomic E-state index is -0.787. The Morgan fingerprint density at radius 1 is 1.22 bits per heavy atom. The number of carbonyl (C=O) groups is 2. The largest absolute Gasteiger partial charge is 0.465 e. The molecule has 0 aromatic heterocycles. The number of ketones is 1. The minimum absolute atomic E-state index is 0.0339. The van der Waals surface area contributed by atoms with E-state index in [0.29, 0.717) is 13.0 Å². The van der Waals surface area contributed by atoms with Gasteiger partial charge in [-0.1, -0.05) is 19.1 Å². The number of Topliss-reactive ketones (excluding diaryl/α,β-unsaturated/α-hetero) is 1. The van der Waals surface area contributed by atoms with Gasteiger partial charge in [0.15, 0.2) is 17.3 Å². The summed E-state index contributed by atoms with van der Waals surface area (Å²) in [7, 11) is 0. The molecule has 27 heavy (non-hydrogen) atoms. The van der Waals surface area contributed by atoms with Crippen molar-refractivity contribution >= 4 is 23.5 Å². The number of carbonyl (C=O) groups excluding carboxylic acids is 2. The molecule has 0 N–H and O–H groups in total. The first-order valence-corrected chi connectivity index (χ1v) is 10.7. The van der Waals surface area contributed by atoms with Crippen LogP contribution in [0.4, 0.5) is 0 Å². The summed E-state index contributed by atoms with van der Waals surface area (Å²) in [6.45, 7) is 5.28. The average Bonchev–Trinajstić information content (AvgIpc) is 2.70. The molecule has 5 nitrogen and oxygen atoms in total. The minimum Gasteiger partial charge on any atom is -0.465 e. The number of benzene rings is 1. The summed E-state index contributed by atoms with van der Waals surface area (Å²) in [5.74, 6) is -0.565. The molecule has 2 rings (SSSR count). The highest BCUT2D eigenvalue weighted by molar-refractivity contribution is 8.01. The molecule has 0 spiro atoms. The molecule has 1 aromatic rings. The molecule has 1 aliphatic heterocycles. The molecule has 1 aromatic carbocycles. The Kier molecular flexibility index (Phi) is 9.87. The fourth-order valence-corrected chi connectivity index (χ4v) is 3.88. The summed E-state index contributed by atoms with van der Waals surface area (Å²) in [6, 6.07) is 8.00. The van der Waals surface area contributed by atoms with Crippen molar-refractivity contribution in [1.29, 1.82) is 0 Å². The lowest BCUT2D eigenvalue weighted by Gasteiger charge is -2.22. The molecule has 2 atom stereocenters. The predicted octanol–water partition coefficient (Wildman–Crippen LogP) is 4.17. The highest BCUT2D eigenvalue weighted by Gasteiger charge is 2.27. The van der Waals surface area contributed by atoms with E-state index in [2.05, 4.69) is 0 Å². The van der Waals surface area contributed by atoms with Gasteiger partial charge in [-0.2, -0.15) is 0 Å². The van der Waals surface area contributed by atoms with Crippen molar-refractivity contribution in [2.24, 2.45) is 0 Å². The molecule has 1 heterocycles. The molecule has 0 amide bonds. The first kappa shape index (κ1) is 21.9. The van der Waals surface area contributed by atoms with Gasteiger partial charge in [-0.3, -0.25) is 9.59 Å². The number of esters is 1. The van der Waals surface area contributed by atoms with Gasteiger partial charge in [-0.05, 0) is 56.7 Å². The van der Waals surface area contributed by atoms with Gasteiger partial charge in [0.2, 0.25) is 0 Å². The third kappa shape index (κ3) is 7.64. The van der Waals surface area contributed by atoms with Crippen molar-refractivity contribution in [3.63, 3.8) is 0 Å². The standard InChI is InChI=1S/C21H30O5S/c1-3-18(22)20(21(23)24-4-2)27-17-12-10-16(11-13-17)8-7-15-26-19-9-5-6-14-25-19/h10-13,19-20H,3-9,14-15H2,1-2H3. The lowest BCUT2D eigenvalue weighted by Crippen LogP contribution is -2.28. The lowest BCUT2D eigenvalue weighted by atomic mass is 10.1. The van der Waals surface area contributed by atoms with E-state index in [1.807, 2.05) is 24.3 Å². The third-order valence-corrected chi connectivity index (χ3v) is 5.61. The molecular weight excluding hydrogens is 364 g/mol. The molecule has 0 saturated carbocycles. The molecular formula is C21H30O5S. The van der Waals surface area contributed by atoms with Crippen LogP contribution in [0.15, 0.2) is 29.2 Å². The number of rotatable bonds is 11. The van der Waals surface area contributed by atoms with Crippen LogP contribution in [0.25, 0.3) is 0 Å². The van der Waals surface area contributed by atoms with E-state index in [1.165, 1.54) is 23.7 Å². The molecule has 2 unspecified atom stereocenters. The summed E-state index contributed by atoms with van der Waals surface area (Å²) in [5.41, 5.74) is 1.21. The normalized spacial score (nSPS) is 18.1. The van der Waals surface area contributed by atoms with Gasteiger partial charge < -0.3 is 14.2 Å². The zero-order valence-electron chi connectivity index (χ0n) is 16.3. The molecule has 1 aliphatic rings. The van der Waals surface area contributed by atoms with Crippen molar-refractivity contribution in [3.05, 3.63) is 29.8 Å². The van der Waals surface area contributed by atoms with Crippen LogP contribution in [0.1, 0.15) is 51.5 Å². The van der Waals surface area contributed by atoms with Crippen LogP contribution in [0.5, 0.6) is 0 Å². The van der Waals surface area contributed by atoms with Crippen LogP contribution in [0, 0.1) is 0 Å². The third-order valence-electron chi connectivity index (χ3n) is 4.37. The van der Waals surface area contributed by atoms with E-state index in [9.17, 15) is 9.59 Å². The van der Waals surface area contributed by atoms with Gasteiger partial charge in [0, 0.05) is 17.9 Å². The molecule has 6 heteroatoms. The van der Waals surface area contributed by atoms with Crippen LogP contribution in [0.2, 0.25) is 0 Å². The van der Waals surface area contributed by atoms with E-state index in [0.717, 1.165) is 37.2 Å². The van der Waals surface area contributed by atoms with E-state index in [1.54, 1.807) is 13.8 Å². The second kappa shape index (κ2) is 12.2. The second-order valence-corrected chi connectivity index (χ2v) is 7.66. The van der Waals surface area contributed by atoms with Crippen LogP contribution in [-0.2, 0) is 30.2 Å². The smallest absolute Gasteiger partial charge is 0.327 e. The SMILES string of the molecule is CCOC(=O)C(Sc1ccc(CCCOC2CCCCO2)cc1)C(=O)CC. The molecule has 1 saturated heterocycles. The monoisotopic (exact) mass is 394 g/mol. The maximum atomic E-state index is 12.1. The van der Waals surface area contributed by atoms with Gasteiger partial charge in [0.25, 0.3) is 0 Å². The Balaban J connectivity index is 1.78. The van der Waals surface area contributed by atoms with E-state index in [-0.39, 0.29) is 18.7 Å². The average molecular weight is 395 g/mol. The fraction of sp³-hybridized carbons (Fsp3) is 0.619. The number of aryl methyl sites for hydroxylation is 1. The topological polar surface area (TPSA) is 61.8 Å². The number of hydrogen-bond acceptors (Lipinski definition) is 6. The summed E-state index contributed by atoms with van der Waals surface area (Å²) in [5, 5.41) is -0.787. The van der Waals surface area contributed by atoms with Crippen LogP contribution in [0.3, 0.4) is 0 Å². The Bertz CT molecular complexity index is 581. The fourth-order valence-electron chi connectivity index (χ4n) is 2.85. The second-order valence-electron chi connectivity index (χ2n) is 6.48.